The van der Waals surface area contributed by atoms with Crippen molar-refractivity contribution in [1.82, 2.24) is 14.8 Å². The Bertz CT molecular complexity index is 792. The first-order chi connectivity index (χ1) is 12.1. The van der Waals surface area contributed by atoms with Gasteiger partial charge in [-0.25, -0.2) is 0 Å². The molecule has 1 aromatic carbocycles. The monoisotopic (exact) mass is 378 g/mol. The van der Waals surface area contributed by atoms with Crippen LogP contribution in [0.2, 0.25) is 10.0 Å². The molecule has 0 saturated carbocycles. The molecular weight excluding hydrogens is 363 g/mol. The van der Waals surface area contributed by atoms with Gasteiger partial charge in [0.05, 0.1) is 28.2 Å². The van der Waals surface area contributed by atoms with Crippen molar-refractivity contribution in [2.45, 2.75) is 0 Å². The summed E-state index contributed by atoms with van der Waals surface area (Å²) in [4.78, 5) is 30.9. The number of carbonyl (C=O) groups excluding carboxylic acids is 2. The number of carbonyl (C=O) groups is 2. The van der Waals surface area contributed by atoms with Gasteiger partial charge < -0.3 is 15.1 Å². The second-order valence-electron chi connectivity index (χ2n) is 5.65. The van der Waals surface area contributed by atoms with E-state index in [1.54, 1.807) is 40.3 Å². The van der Waals surface area contributed by atoms with Crippen LogP contribution >= 0.6 is 23.2 Å². The maximum absolute atomic E-state index is 12.6. The molecule has 1 saturated heterocycles. The quantitative estimate of drug-likeness (QED) is 0.830. The molecule has 1 aromatic heterocycles. The minimum atomic E-state index is -0.107. The Balaban J connectivity index is 1.73. The van der Waals surface area contributed by atoms with Crippen LogP contribution in [0.1, 0.15) is 10.4 Å². The molecule has 1 fully saturated rings. The molecule has 2 aromatic rings. The van der Waals surface area contributed by atoms with Gasteiger partial charge >= 0.3 is 0 Å². The summed E-state index contributed by atoms with van der Waals surface area (Å²) in [5.74, 6) is -0.107. The Morgan fingerprint density at radius 1 is 1.12 bits per heavy atom. The summed E-state index contributed by atoms with van der Waals surface area (Å²) in [5.41, 5.74) is 1.81. The van der Waals surface area contributed by atoms with Gasteiger partial charge in [0.2, 0.25) is 6.41 Å². The molecule has 2 heterocycles. The third kappa shape index (κ3) is 4.21. The number of pyridine rings is 1. The normalized spacial score (nSPS) is 14.3. The van der Waals surface area contributed by atoms with Crippen LogP contribution in [0.4, 0.5) is 11.4 Å². The number of rotatable bonds is 4. The number of piperazine rings is 1. The fourth-order valence-electron chi connectivity index (χ4n) is 2.58. The summed E-state index contributed by atoms with van der Waals surface area (Å²) in [6.07, 6.45) is 3.96. The molecule has 0 aliphatic carbocycles. The molecule has 0 spiro atoms. The minimum Gasteiger partial charge on any atom is -0.353 e. The average molecular weight is 379 g/mol. The summed E-state index contributed by atoms with van der Waals surface area (Å²) in [6.45, 7) is 2.11. The molecule has 25 heavy (non-hydrogen) atoms. The van der Waals surface area contributed by atoms with E-state index in [9.17, 15) is 9.59 Å². The van der Waals surface area contributed by atoms with Gasteiger partial charge in [-0.15, -0.1) is 0 Å². The van der Waals surface area contributed by atoms with Crippen LogP contribution in [0.15, 0.2) is 36.7 Å². The summed E-state index contributed by atoms with van der Waals surface area (Å²) < 4.78 is 0. The third-order valence-electron chi connectivity index (χ3n) is 3.95. The Kier molecular flexibility index (Phi) is 5.40. The van der Waals surface area contributed by atoms with Gasteiger partial charge in [-0.2, -0.15) is 0 Å². The number of halogens is 2. The van der Waals surface area contributed by atoms with Crippen LogP contribution in [0.25, 0.3) is 0 Å². The van der Waals surface area contributed by atoms with Gasteiger partial charge in [0.15, 0.2) is 0 Å². The van der Waals surface area contributed by atoms with E-state index in [-0.39, 0.29) is 5.91 Å². The van der Waals surface area contributed by atoms with E-state index in [2.05, 4.69) is 10.3 Å². The lowest BCUT2D eigenvalue weighted by Gasteiger charge is -2.32. The summed E-state index contributed by atoms with van der Waals surface area (Å²) in [5, 5.41) is 4.16. The van der Waals surface area contributed by atoms with Crippen LogP contribution in [-0.4, -0.2) is 53.3 Å². The molecule has 1 aliphatic rings. The zero-order valence-electron chi connectivity index (χ0n) is 13.3. The number of benzene rings is 1. The maximum atomic E-state index is 12.6. The second-order valence-corrected chi connectivity index (χ2v) is 6.49. The Hall–Kier alpha value is -2.31. The lowest BCUT2D eigenvalue weighted by atomic mass is 10.2. The molecule has 0 atom stereocenters. The maximum Gasteiger partial charge on any atom is 0.255 e. The van der Waals surface area contributed by atoms with E-state index in [1.807, 2.05) is 0 Å². The van der Waals surface area contributed by atoms with Crippen molar-refractivity contribution in [2.75, 3.05) is 31.5 Å². The third-order valence-corrected chi connectivity index (χ3v) is 4.49. The number of hydrogen-bond acceptors (Lipinski definition) is 4. The molecule has 8 heteroatoms. The van der Waals surface area contributed by atoms with Crippen LogP contribution in [0, 0.1) is 0 Å². The van der Waals surface area contributed by atoms with Crippen LogP contribution in [-0.2, 0) is 4.79 Å². The van der Waals surface area contributed by atoms with Gasteiger partial charge in [-0.1, -0.05) is 23.2 Å². The van der Waals surface area contributed by atoms with Crippen LogP contribution in [0.5, 0.6) is 0 Å². The number of aromatic nitrogens is 1. The standard InChI is InChI=1S/C17H16Cl2N4O2/c18-13-1-2-16(15(19)8-13)21-14-7-12(9-20-10-14)17(25)23-5-3-22(11-24)4-6-23/h1-2,7-11,21H,3-6H2. The molecule has 3 rings (SSSR count). The molecule has 0 radical (unpaired) electrons. The highest BCUT2D eigenvalue weighted by Gasteiger charge is 2.21. The smallest absolute Gasteiger partial charge is 0.255 e. The zero-order chi connectivity index (χ0) is 17.8. The van der Waals surface area contributed by atoms with Crippen molar-refractivity contribution in [3.05, 3.63) is 52.3 Å². The van der Waals surface area contributed by atoms with Gasteiger partial charge in [0.25, 0.3) is 5.91 Å². The fourth-order valence-corrected chi connectivity index (χ4v) is 3.04. The van der Waals surface area contributed by atoms with Gasteiger partial charge in [0, 0.05) is 37.4 Å². The van der Waals surface area contributed by atoms with Crippen molar-refractivity contribution in [2.24, 2.45) is 0 Å². The van der Waals surface area contributed by atoms with E-state index in [0.29, 0.717) is 53.2 Å². The molecular formula is C17H16Cl2N4O2. The predicted molar refractivity (Wildman–Crippen MR) is 97.5 cm³/mol. The summed E-state index contributed by atoms with van der Waals surface area (Å²) in [7, 11) is 0. The van der Waals surface area contributed by atoms with Crippen molar-refractivity contribution < 1.29 is 9.59 Å². The number of anilines is 2. The van der Waals surface area contributed by atoms with E-state index in [1.165, 1.54) is 6.20 Å². The predicted octanol–water partition coefficient (Wildman–Crippen LogP) is 3.05. The molecule has 6 nitrogen and oxygen atoms in total. The summed E-state index contributed by atoms with van der Waals surface area (Å²) in [6, 6.07) is 6.86. The zero-order valence-corrected chi connectivity index (χ0v) is 14.8. The Morgan fingerprint density at radius 2 is 1.88 bits per heavy atom. The van der Waals surface area contributed by atoms with Crippen LogP contribution < -0.4 is 5.32 Å². The average Bonchev–Trinajstić information content (AvgIpc) is 2.64. The molecule has 0 unspecified atom stereocenters. The van der Waals surface area contributed by atoms with Crippen molar-refractivity contribution in [3.8, 4) is 0 Å². The molecule has 1 aliphatic heterocycles. The number of amides is 2. The van der Waals surface area contributed by atoms with Gasteiger partial charge in [0.1, 0.15) is 0 Å². The molecule has 1 N–H and O–H groups in total. The second kappa shape index (κ2) is 7.72. The number of nitrogens with one attached hydrogen (secondary N) is 1. The SMILES string of the molecule is O=CN1CCN(C(=O)c2cncc(Nc3ccc(Cl)cc3Cl)c2)CC1. The first kappa shape index (κ1) is 17.5. The van der Waals surface area contributed by atoms with E-state index in [4.69, 9.17) is 23.2 Å². The highest BCUT2D eigenvalue weighted by atomic mass is 35.5. The van der Waals surface area contributed by atoms with Crippen molar-refractivity contribution >= 4 is 46.9 Å². The number of nitrogens with zero attached hydrogens (tertiary/aromatic N) is 3. The van der Waals surface area contributed by atoms with E-state index >= 15 is 0 Å². The summed E-state index contributed by atoms with van der Waals surface area (Å²) >= 11 is 12.0. The van der Waals surface area contributed by atoms with E-state index in [0.717, 1.165) is 6.41 Å². The Morgan fingerprint density at radius 3 is 2.56 bits per heavy atom. The first-order valence-corrected chi connectivity index (χ1v) is 8.48. The molecule has 2 amide bonds. The molecule has 130 valence electrons. The van der Waals surface area contributed by atoms with Crippen LogP contribution in [0.3, 0.4) is 0 Å². The van der Waals surface area contributed by atoms with Gasteiger partial charge in [-0.05, 0) is 24.3 Å². The lowest BCUT2D eigenvalue weighted by Crippen LogP contribution is -2.48. The van der Waals surface area contributed by atoms with Gasteiger partial charge in [-0.3, -0.25) is 14.6 Å². The van der Waals surface area contributed by atoms with E-state index < -0.39 is 0 Å². The van der Waals surface area contributed by atoms with Crippen molar-refractivity contribution in [3.63, 3.8) is 0 Å². The largest absolute Gasteiger partial charge is 0.353 e. The topological polar surface area (TPSA) is 65.5 Å². The minimum absolute atomic E-state index is 0.107. The highest BCUT2D eigenvalue weighted by Crippen LogP contribution is 2.28. The fraction of sp³-hybridized carbons (Fsp3) is 0.235. The molecule has 0 bridgehead atoms. The number of hydrogen-bond donors (Lipinski definition) is 1. The Labute approximate surface area is 155 Å². The lowest BCUT2D eigenvalue weighted by molar-refractivity contribution is -0.119. The first-order valence-electron chi connectivity index (χ1n) is 7.72. The highest BCUT2D eigenvalue weighted by molar-refractivity contribution is 6.36. The van der Waals surface area contributed by atoms with Crippen molar-refractivity contribution in [1.29, 1.82) is 0 Å².